The Morgan fingerprint density at radius 3 is 2.61 bits per heavy atom. The summed E-state index contributed by atoms with van der Waals surface area (Å²) in [6.45, 7) is 9.71. The van der Waals surface area contributed by atoms with Gasteiger partial charge < -0.3 is 10.2 Å². The molecule has 1 aliphatic rings. The van der Waals surface area contributed by atoms with Gasteiger partial charge in [0.15, 0.2) is 4.34 Å². The first kappa shape index (κ1) is 20.7. The molecule has 0 radical (unpaired) electrons. The van der Waals surface area contributed by atoms with E-state index in [-0.39, 0.29) is 23.7 Å². The number of amides is 1. The molecule has 0 spiro atoms. The molecule has 132 valence electrons. The zero-order valence-corrected chi connectivity index (χ0v) is 16.6. The zero-order chi connectivity index (χ0) is 16.0. The van der Waals surface area contributed by atoms with Gasteiger partial charge in [0, 0.05) is 18.7 Å². The smallest absolute Gasteiger partial charge is 0.226 e. The minimum atomic E-state index is -0.0131. The van der Waals surface area contributed by atoms with Crippen LogP contribution in [-0.2, 0) is 4.79 Å². The number of likely N-dealkylation sites (tertiary alicyclic amines) is 1. The number of hydrogen-bond acceptors (Lipinski definition) is 6. The number of nitrogens with one attached hydrogen (secondary N) is 1. The molecule has 1 N–H and O–H groups in total. The first-order valence-electron chi connectivity index (χ1n) is 7.91. The highest BCUT2D eigenvalue weighted by molar-refractivity contribution is 8.01. The molecule has 2 rings (SSSR count). The lowest BCUT2D eigenvalue weighted by molar-refractivity contribution is -0.117. The van der Waals surface area contributed by atoms with Crippen molar-refractivity contribution in [3.63, 3.8) is 0 Å². The van der Waals surface area contributed by atoms with E-state index in [0.29, 0.717) is 11.6 Å². The van der Waals surface area contributed by atoms with Crippen molar-refractivity contribution in [2.24, 2.45) is 5.41 Å². The van der Waals surface area contributed by atoms with Gasteiger partial charge in [0.1, 0.15) is 0 Å². The minimum Gasteiger partial charge on any atom is -0.303 e. The van der Waals surface area contributed by atoms with Crippen LogP contribution < -0.4 is 5.32 Å². The molecule has 0 atom stereocenters. The molecule has 0 saturated carbocycles. The van der Waals surface area contributed by atoms with Crippen LogP contribution in [0.1, 0.15) is 46.5 Å². The Bertz CT molecular complexity index is 484. The number of halogens is 1. The molecule has 1 amide bonds. The zero-order valence-electron chi connectivity index (χ0n) is 14.1. The Balaban J connectivity index is 0.00000264. The van der Waals surface area contributed by atoms with E-state index in [1.165, 1.54) is 43.7 Å². The van der Waals surface area contributed by atoms with E-state index >= 15 is 0 Å². The predicted molar refractivity (Wildman–Crippen MR) is 101 cm³/mol. The topological polar surface area (TPSA) is 58.1 Å². The van der Waals surface area contributed by atoms with Crippen LogP contribution in [0, 0.1) is 5.41 Å². The molecule has 1 saturated heterocycles. The van der Waals surface area contributed by atoms with E-state index in [9.17, 15) is 4.79 Å². The average molecular weight is 379 g/mol. The second-order valence-corrected chi connectivity index (χ2v) is 9.23. The lowest BCUT2D eigenvalue weighted by Gasteiger charge is -2.25. The van der Waals surface area contributed by atoms with E-state index in [1.807, 2.05) is 0 Å². The molecule has 1 aromatic rings. The molecule has 2 heterocycles. The third-order valence-corrected chi connectivity index (χ3v) is 5.38. The summed E-state index contributed by atoms with van der Waals surface area (Å²) in [4.78, 5) is 14.4. The number of hydrogen-bond donors (Lipinski definition) is 1. The van der Waals surface area contributed by atoms with Crippen molar-refractivity contribution in [1.29, 1.82) is 0 Å². The van der Waals surface area contributed by atoms with Gasteiger partial charge in [-0.3, -0.25) is 4.79 Å². The number of carbonyl (C=O) groups excluding carboxylic acids is 1. The number of aromatic nitrogens is 2. The first-order valence-corrected chi connectivity index (χ1v) is 9.71. The molecule has 0 unspecified atom stereocenters. The third kappa shape index (κ3) is 8.33. The third-order valence-electron chi connectivity index (χ3n) is 3.43. The highest BCUT2D eigenvalue weighted by Gasteiger charge is 2.17. The molecular formula is C15H27ClN4OS2. The number of rotatable bonds is 6. The van der Waals surface area contributed by atoms with Crippen LogP contribution in [0.5, 0.6) is 0 Å². The highest BCUT2D eigenvalue weighted by atomic mass is 35.5. The lowest BCUT2D eigenvalue weighted by atomic mass is 9.92. The monoisotopic (exact) mass is 378 g/mol. The van der Waals surface area contributed by atoms with E-state index < -0.39 is 0 Å². The van der Waals surface area contributed by atoms with Crippen LogP contribution in [0.2, 0.25) is 0 Å². The fraction of sp³-hybridized carbons (Fsp3) is 0.800. The maximum absolute atomic E-state index is 11.9. The SMILES string of the molecule is CC(C)(C)CC(=O)Nc1nnc(SCCN2CCCCC2)s1.Cl. The predicted octanol–water partition coefficient (Wildman–Crippen LogP) is 3.91. The van der Waals surface area contributed by atoms with Crippen molar-refractivity contribution in [1.82, 2.24) is 15.1 Å². The molecule has 23 heavy (non-hydrogen) atoms. The van der Waals surface area contributed by atoms with Crippen molar-refractivity contribution in [2.75, 3.05) is 30.7 Å². The highest BCUT2D eigenvalue weighted by Crippen LogP contribution is 2.26. The van der Waals surface area contributed by atoms with Gasteiger partial charge in [-0.1, -0.05) is 50.3 Å². The maximum atomic E-state index is 11.9. The Hall–Kier alpha value is -0.370. The van der Waals surface area contributed by atoms with Gasteiger partial charge in [0.2, 0.25) is 11.0 Å². The van der Waals surface area contributed by atoms with Crippen molar-refractivity contribution in [3.05, 3.63) is 0 Å². The second-order valence-electron chi connectivity index (χ2n) is 6.91. The summed E-state index contributed by atoms with van der Waals surface area (Å²) >= 11 is 3.19. The largest absolute Gasteiger partial charge is 0.303 e. The summed E-state index contributed by atoms with van der Waals surface area (Å²) < 4.78 is 0.933. The van der Waals surface area contributed by atoms with Crippen molar-refractivity contribution in [3.8, 4) is 0 Å². The van der Waals surface area contributed by atoms with Gasteiger partial charge >= 0.3 is 0 Å². The van der Waals surface area contributed by atoms with Gasteiger partial charge in [-0.05, 0) is 31.3 Å². The lowest BCUT2D eigenvalue weighted by Crippen LogP contribution is -2.31. The van der Waals surface area contributed by atoms with Gasteiger partial charge in [-0.15, -0.1) is 22.6 Å². The van der Waals surface area contributed by atoms with Gasteiger partial charge in [-0.2, -0.15) is 0 Å². The van der Waals surface area contributed by atoms with E-state index in [2.05, 4.69) is 41.2 Å². The summed E-state index contributed by atoms with van der Waals surface area (Å²) in [5, 5.41) is 11.6. The van der Waals surface area contributed by atoms with Crippen molar-refractivity contribution in [2.45, 2.75) is 50.8 Å². The van der Waals surface area contributed by atoms with Crippen molar-refractivity contribution >= 4 is 46.5 Å². The van der Waals surface area contributed by atoms with Crippen LogP contribution in [0.25, 0.3) is 0 Å². The van der Waals surface area contributed by atoms with Crippen LogP contribution in [-0.4, -0.2) is 46.4 Å². The quantitative estimate of drug-likeness (QED) is 0.600. The standard InChI is InChI=1S/C15H26N4OS2.ClH/c1-15(2,3)11-12(20)16-13-17-18-14(22-13)21-10-9-19-7-5-4-6-8-19;/h4-11H2,1-3H3,(H,16,17,20);1H. The average Bonchev–Trinajstić information content (AvgIpc) is 2.85. The van der Waals surface area contributed by atoms with E-state index in [1.54, 1.807) is 11.8 Å². The van der Waals surface area contributed by atoms with Crippen LogP contribution >= 0.6 is 35.5 Å². The summed E-state index contributed by atoms with van der Waals surface area (Å²) in [6, 6.07) is 0. The fourth-order valence-electron chi connectivity index (χ4n) is 2.41. The molecule has 0 aromatic carbocycles. The molecule has 1 aromatic heterocycles. The maximum Gasteiger partial charge on any atom is 0.226 e. The van der Waals surface area contributed by atoms with E-state index in [4.69, 9.17) is 0 Å². The molecule has 1 fully saturated rings. The second kappa shape index (κ2) is 9.81. The fourth-order valence-corrected chi connectivity index (χ4v) is 4.25. The Morgan fingerprint density at radius 2 is 1.96 bits per heavy atom. The van der Waals surface area contributed by atoms with Gasteiger partial charge in [0.05, 0.1) is 0 Å². The number of nitrogens with zero attached hydrogens (tertiary/aromatic N) is 3. The Morgan fingerprint density at radius 1 is 1.26 bits per heavy atom. The Labute approximate surface area is 153 Å². The number of thioether (sulfide) groups is 1. The minimum absolute atomic E-state index is 0. The molecule has 8 heteroatoms. The number of anilines is 1. The van der Waals surface area contributed by atoms with Gasteiger partial charge in [-0.25, -0.2) is 0 Å². The van der Waals surface area contributed by atoms with Gasteiger partial charge in [0.25, 0.3) is 0 Å². The van der Waals surface area contributed by atoms with Crippen LogP contribution in [0.15, 0.2) is 4.34 Å². The van der Waals surface area contributed by atoms with Crippen LogP contribution in [0.4, 0.5) is 5.13 Å². The first-order chi connectivity index (χ1) is 10.4. The van der Waals surface area contributed by atoms with Crippen LogP contribution in [0.3, 0.4) is 0 Å². The molecule has 0 aliphatic carbocycles. The Kier molecular flexibility index (Phi) is 8.82. The summed E-state index contributed by atoms with van der Waals surface area (Å²) in [6.07, 6.45) is 4.52. The molecule has 0 bridgehead atoms. The van der Waals surface area contributed by atoms with E-state index in [0.717, 1.165) is 16.6 Å². The molecule has 5 nitrogen and oxygen atoms in total. The summed E-state index contributed by atoms with van der Waals surface area (Å²) in [5.41, 5.74) is -0.0131. The molecular weight excluding hydrogens is 352 g/mol. The van der Waals surface area contributed by atoms with Crippen molar-refractivity contribution < 1.29 is 4.79 Å². The summed E-state index contributed by atoms with van der Waals surface area (Å²) in [5.74, 6) is 1.04. The summed E-state index contributed by atoms with van der Waals surface area (Å²) in [7, 11) is 0. The number of carbonyl (C=O) groups is 1. The normalized spacial score (nSPS) is 16.0. The molecule has 1 aliphatic heterocycles. The number of piperidine rings is 1.